The molecule has 6 aromatic rings. The molecule has 0 heterocycles. The third-order valence-electron chi connectivity index (χ3n) is 9.51. The predicted octanol–water partition coefficient (Wildman–Crippen LogP) is 8.24. The average Bonchev–Trinajstić information content (AvgIpc) is 3.28. The van der Waals surface area contributed by atoms with Gasteiger partial charge in [0.05, 0.1) is 52.9 Å². The fraction of sp³-hybridized carbons (Fsp3) is 0.250. The summed E-state index contributed by atoms with van der Waals surface area (Å²) in [5.74, 6) is 1.42. The molecule has 0 amide bonds. The molecule has 0 saturated carbocycles. The Kier molecular flexibility index (Phi) is 17.0. The van der Waals surface area contributed by atoms with Gasteiger partial charge in [-0.2, -0.15) is 0 Å². The van der Waals surface area contributed by atoms with Gasteiger partial charge in [-0.1, -0.05) is 158 Å². The van der Waals surface area contributed by atoms with E-state index in [9.17, 15) is 9.13 Å². The number of ether oxygens (including phenoxy) is 6. The molecule has 0 N–H and O–H groups in total. The summed E-state index contributed by atoms with van der Waals surface area (Å²) >= 11 is 0. The van der Waals surface area contributed by atoms with Gasteiger partial charge in [0.2, 0.25) is 0 Å². The SMILES string of the molecule is O=P(Cc1ccccc1OCCOCCOCCOCCOCCOc1ccccc1CP(=O)(c1ccccc1)c1ccccc1)(c1ccccc1)c1ccccc1. The van der Waals surface area contributed by atoms with E-state index in [1.54, 1.807) is 0 Å². The molecular weight excluding hydrogens is 766 g/mol. The van der Waals surface area contributed by atoms with Crippen molar-refractivity contribution in [2.24, 2.45) is 0 Å². The van der Waals surface area contributed by atoms with E-state index in [-0.39, 0.29) is 0 Å². The Hall–Kier alpha value is -4.78. The van der Waals surface area contributed by atoms with E-state index in [1.165, 1.54) is 0 Å². The lowest BCUT2D eigenvalue weighted by molar-refractivity contribution is -0.00702. The molecule has 58 heavy (non-hydrogen) atoms. The molecule has 0 fully saturated rings. The van der Waals surface area contributed by atoms with Crippen LogP contribution < -0.4 is 30.7 Å². The number of benzene rings is 6. The summed E-state index contributed by atoms with van der Waals surface area (Å²) in [5, 5.41) is 3.30. The first kappa shape index (κ1) is 42.8. The van der Waals surface area contributed by atoms with Crippen molar-refractivity contribution in [1.82, 2.24) is 0 Å². The molecular formula is C48H52O8P2. The Morgan fingerprint density at radius 1 is 0.293 bits per heavy atom. The quantitative estimate of drug-likeness (QED) is 0.0422. The van der Waals surface area contributed by atoms with Crippen molar-refractivity contribution >= 4 is 35.5 Å². The lowest BCUT2D eigenvalue weighted by Crippen LogP contribution is -2.18. The fourth-order valence-corrected chi connectivity index (χ4v) is 12.0. The summed E-state index contributed by atoms with van der Waals surface area (Å²) < 4.78 is 64.1. The Morgan fingerprint density at radius 2 is 0.534 bits per heavy atom. The van der Waals surface area contributed by atoms with E-state index >= 15 is 0 Å². The third kappa shape index (κ3) is 12.4. The van der Waals surface area contributed by atoms with Crippen LogP contribution in [-0.2, 0) is 40.4 Å². The van der Waals surface area contributed by atoms with Crippen LogP contribution >= 0.6 is 14.3 Å². The molecule has 0 aliphatic rings. The highest BCUT2D eigenvalue weighted by Crippen LogP contribution is 2.49. The van der Waals surface area contributed by atoms with Gasteiger partial charge in [-0.05, 0) is 12.1 Å². The van der Waals surface area contributed by atoms with Crippen molar-refractivity contribution in [3.8, 4) is 11.5 Å². The largest absolute Gasteiger partial charge is 0.491 e. The first-order valence-corrected chi connectivity index (χ1v) is 23.5. The zero-order chi connectivity index (χ0) is 40.1. The van der Waals surface area contributed by atoms with Gasteiger partial charge in [-0.3, -0.25) is 0 Å². The molecule has 0 aliphatic carbocycles. The van der Waals surface area contributed by atoms with Crippen molar-refractivity contribution in [3.05, 3.63) is 181 Å². The first-order chi connectivity index (χ1) is 28.6. The Morgan fingerprint density at radius 3 is 0.828 bits per heavy atom. The maximum Gasteiger partial charge on any atom is 0.147 e. The Bertz CT molecular complexity index is 1930. The monoisotopic (exact) mass is 818 g/mol. The summed E-state index contributed by atoms with van der Waals surface area (Å²) in [7, 11) is -5.88. The number of para-hydroxylation sites is 2. The summed E-state index contributed by atoms with van der Waals surface area (Å²) in [6, 6.07) is 54.3. The standard InChI is InChI=1S/C48H52O8P2/c49-57(43-19-5-1-6-20-43,44-21-7-2-8-22-44)39-41-17-13-15-27-47(41)55-37-35-53-33-31-51-29-30-52-32-34-54-36-38-56-48-28-16-14-18-42(48)40-58(50,45-23-9-3-10-24-45)46-25-11-4-12-26-46/h1-28H,29-40H2. The van der Waals surface area contributed by atoms with Crippen LogP contribution in [0.4, 0.5) is 0 Å². The van der Waals surface area contributed by atoms with Crippen molar-refractivity contribution in [3.63, 3.8) is 0 Å². The topological polar surface area (TPSA) is 89.5 Å². The highest BCUT2D eigenvalue weighted by atomic mass is 31.2. The molecule has 0 aromatic heterocycles. The van der Waals surface area contributed by atoms with E-state index < -0.39 is 14.3 Å². The highest BCUT2D eigenvalue weighted by molar-refractivity contribution is 7.78. The van der Waals surface area contributed by atoms with E-state index in [0.29, 0.717) is 89.9 Å². The highest BCUT2D eigenvalue weighted by Gasteiger charge is 2.30. The van der Waals surface area contributed by atoms with Crippen molar-refractivity contribution in [1.29, 1.82) is 0 Å². The minimum Gasteiger partial charge on any atom is -0.491 e. The summed E-state index contributed by atoms with van der Waals surface area (Å²) in [4.78, 5) is 0. The van der Waals surface area contributed by atoms with Gasteiger partial charge in [0.1, 0.15) is 39.0 Å². The number of hydrogen-bond donors (Lipinski definition) is 0. The van der Waals surface area contributed by atoms with Gasteiger partial charge >= 0.3 is 0 Å². The lowest BCUT2D eigenvalue weighted by Gasteiger charge is -2.21. The van der Waals surface area contributed by atoms with E-state index in [1.807, 2.05) is 170 Å². The molecule has 0 atom stereocenters. The Balaban J connectivity index is 0.820. The van der Waals surface area contributed by atoms with Crippen molar-refractivity contribution in [2.45, 2.75) is 12.3 Å². The third-order valence-corrected chi connectivity index (χ3v) is 15.6. The molecule has 0 bridgehead atoms. The maximum atomic E-state index is 14.6. The smallest absolute Gasteiger partial charge is 0.147 e. The molecule has 10 heteroatoms. The number of hydrogen-bond acceptors (Lipinski definition) is 8. The van der Waals surface area contributed by atoms with Crippen LogP contribution in [0.1, 0.15) is 11.1 Å². The molecule has 6 rings (SSSR count). The van der Waals surface area contributed by atoms with Gasteiger partial charge in [0.25, 0.3) is 0 Å². The minimum absolute atomic E-state index is 0.362. The molecule has 8 nitrogen and oxygen atoms in total. The molecule has 0 unspecified atom stereocenters. The summed E-state index contributed by atoms with van der Waals surface area (Å²) in [5.41, 5.74) is 1.79. The van der Waals surface area contributed by atoms with Crippen LogP contribution in [0.15, 0.2) is 170 Å². The molecule has 0 spiro atoms. The second kappa shape index (κ2) is 23.0. The van der Waals surface area contributed by atoms with Gasteiger partial charge < -0.3 is 37.6 Å². The van der Waals surface area contributed by atoms with Crippen LogP contribution in [-0.4, -0.2) is 66.1 Å². The maximum absolute atomic E-state index is 14.6. The van der Waals surface area contributed by atoms with Crippen molar-refractivity contribution in [2.75, 3.05) is 66.1 Å². The van der Waals surface area contributed by atoms with Gasteiger partial charge in [-0.15, -0.1) is 0 Å². The van der Waals surface area contributed by atoms with Crippen LogP contribution in [0.2, 0.25) is 0 Å². The summed E-state index contributed by atoms with van der Waals surface area (Å²) in [6.07, 6.45) is 0.724. The molecule has 0 radical (unpaired) electrons. The van der Waals surface area contributed by atoms with Gasteiger partial charge in [0, 0.05) is 44.7 Å². The molecule has 302 valence electrons. The molecule has 6 aromatic carbocycles. The zero-order valence-electron chi connectivity index (χ0n) is 32.8. The van der Waals surface area contributed by atoms with Crippen molar-refractivity contribution < 1.29 is 37.6 Å². The normalized spacial score (nSPS) is 11.7. The second-order valence-corrected chi connectivity index (χ2v) is 19.2. The van der Waals surface area contributed by atoms with Gasteiger partial charge in [-0.25, -0.2) is 0 Å². The predicted molar refractivity (Wildman–Crippen MR) is 234 cm³/mol. The van der Waals surface area contributed by atoms with Crippen LogP contribution in [0.25, 0.3) is 0 Å². The van der Waals surface area contributed by atoms with Crippen LogP contribution in [0, 0.1) is 0 Å². The Labute approximate surface area is 342 Å². The molecule has 0 saturated heterocycles. The van der Waals surface area contributed by atoms with Crippen LogP contribution in [0.3, 0.4) is 0 Å². The minimum atomic E-state index is -2.94. The average molecular weight is 819 g/mol. The zero-order valence-corrected chi connectivity index (χ0v) is 34.6. The van der Waals surface area contributed by atoms with Gasteiger partial charge in [0.15, 0.2) is 0 Å². The summed E-state index contributed by atoms with van der Waals surface area (Å²) in [6.45, 7) is 4.19. The van der Waals surface area contributed by atoms with Crippen LogP contribution in [0.5, 0.6) is 11.5 Å². The van der Waals surface area contributed by atoms with E-state index in [2.05, 4.69) is 0 Å². The fourth-order valence-electron chi connectivity index (χ4n) is 6.55. The van der Waals surface area contributed by atoms with E-state index in [4.69, 9.17) is 28.4 Å². The second-order valence-electron chi connectivity index (χ2n) is 13.5. The molecule has 0 aliphatic heterocycles. The lowest BCUT2D eigenvalue weighted by atomic mass is 10.2. The first-order valence-electron chi connectivity index (χ1n) is 19.7. The van der Waals surface area contributed by atoms with E-state index in [0.717, 1.165) is 32.3 Å². The number of rotatable bonds is 25.